The topological polar surface area (TPSA) is 47.5 Å². The van der Waals surface area contributed by atoms with Crippen molar-refractivity contribution in [3.05, 3.63) is 18.6 Å². The molecule has 0 bridgehead atoms. The van der Waals surface area contributed by atoms with E-state index in [1.165, 1.54) is 0 Å². The number of rotatable bonds is 2. The second kappa shape index (κ2) is 4.82. The average molecular weight is 249 g/mol. The van der Waals surface area contributed by atoms with Crippen LogP contribution in [0.1, 0.15) is 25.7 Å². The van der Waals surface area contributed by atoms with Gasteiger partial charge in [-0.3, -0.25) is 0 Å². The molecule has 5 nitrogen and oxygen atoms in total. The minimum Gasteiger partial charge on any atom is -0.357 e. The fraction of sp³-hybridized carbons (Fsp3) is 0.692. The molecular formula is C13H19N3O2. The largest absolute Gasteiger partial charge is 0.357 e. The van der Waals surface area contributed by atoms with Crippen LogP contribution < -0.4 is 4.90 Å². The first-order valence-corrected chi connectivity index (χ1v) is 6.56. The molecule has 2 heterocycles. The average Bonchev–Trinajstić information content (AvgIpc) is 2.88. The molecule has 1 saturated carbocycles. The van der Waals surface area contributed by atoms with Crippen LogP contribution in [0.5, 0.6) is 0 Å². The summed E-state index contributed by atoms with van der Waals surface area (Å²) < 4.78 is 11.5. The minimum absolute atomic E-state index is 0.275. The monoisotopic (exact) mass is 249 g/mol. The highest BCUT2D eigenvalue weighted by Crippen LogP contribution is 2.37. The Hall–Kier alpha value is -1.20. The number of anilines is 1. The van der Waals surface area contributed by atoms with Crippen molar-refractivity contribution in [2.45, 2.75) is 37.5 Å². The van der Waals surface area contributed by atoms with E-state index in [4.69, 9.17) is 9.47 Å². The summed E-state index contributed by atoms with van der Waals surface area (Å²) in [7, 11) is 2.10. The summed E-state index contributed by atoms with van der Waals surface area (Å²) in [6.07, 6.45) is 7.51. The number of nitrogens with zero attached hydrogens (tertiary/aromatic N) is 3. The Labute approximate surface area is 107 Å². The maximum absolute atomic E-state index is 5.75. The highest BCUT2D eigenvalue weighted by Gasteiger charge is 2.41. The molecule has 1 aromatic heterocycles. The quantitative estimate of drug-likeness (QED) is 0.796. The highest BCUT2D eigenvalue weighted by atomic mass is 16.7. The predicted octanol–water partition coefficient (Wildman–Crippen LogP) is 1.60. The van der Waals surface area contributed by atoms with E-state index in [1.807, 2.05) is 6.07 Å². The van der Waals surface area contributed by atoms with Crippen molar-refractivity contribution in [3.63, 3.8) is 0 Å². The fourth-order valence-corrected chi connectivity index (χ4v) is 2.89. The molecule has 1 aliphatic heterocycles. The minimum atomic E-state index is -0.275. The molecule has 0 atom stereocenters. The molecule has 1 aromatic rings. The van der Waals surface area contributed by atoms with Crippen LogP contribution in [0.4, 0.5) is 5.82 Å². The van der Waals surface area contributed by atoms with E-state index in [-0.39, 0.29) is 5.79 Å². The van der Waals surface area contributed by atoms with Crippen molar-refractivity contribution in [2.24, 2.45) is 0 Å². The molecular weight excluding hydrogens is 230 g/mol. The van der Waals surface area contributed by atoms with Crippen LogP contribution in [0.2, 0.25) is 0 Å². The summed E-state index contributed by atoms with van der Waals surface area (Å²) in [6.45, 7) is 1.48. The van der Waals surface area contributed by atoms with E-state index >= 15 is 0 Å². The molecule has 0 unspecified atom stereocenters. The van der Waals surface area contributed by atoms with Crippen LogP contribution in [-0.4, -0.2) is 42.1 Å². The lowest BCUT2D eigenvalue weighted by molar-refractivity contribution is -0.178. The fourth-order valence-electron chi connectivity index (χ4n) is 2.89. The maximum Gasteiger partial charge on any atom is 0.168 e. The molecule has 3 rings (SSSR count). The van der Waals surface area contributed by atoms with Gasteiger partial charge in [-0.05, 0) is 18.9 Å². The third-order valence-electron chi connectivity index (χ3n) is 4.01. The first kappa shape index (κ1) is 11.9. The van der Waals surface area contributed by atoms with Gasteiger partial charge in [-0.1, -0.05) is 0 Å². The SMILES string of the molecule is CN(c1ccncn1)C1CCC2(CC1)OCCO2. The molecule has 2 aliphatic rings. The summed E-state index contributed by atoms with van der Waals surface area (Å²) in [5.74, 6) is 0.711. The molecule has 5 heteroatoms. The Morgan fingerprint density at radius 2 is 2.00 bits per heavy atom. The second-order valence-corrected chi connectivity index (χ2v) is 5.02. The Bertz CT molecular complexity index is 382. The summed E-state index contributed by atoms with van der Waals surface area (Å²) in [5.41, 5.74) is 0. The van der Waals surface area contributed by atoms with Gasteiger partial charge in [0.25, 0.3) is 0 Å². The van der Waals surface area contributed by atoms with Gasteiger partial charge < -0.3 is 14.4 Å². The number of aromatic nitrogens is 2. The van der Waals surface area contributed by atoms with Gasteiger partial charge in [-0.2, -0.15) is 0 Å². The van der Waals surface area contributed by atoms with E-state index in [0.29, 0.717) is 6.04 Å². The van der Waals surface area contributed by atoms with Crippen LogP contribution in [0.15, 0.2) is 18.6 Å². The van der Waals surface area contributed by atoms with Crippen molar-refractivity contribution < 1.29 is 9.47 Å². The van der Waals surface area contributed by atoms with Crippen LogP contribution in [0, 0.1) is 0 Å². The van der Waals surface area contributed by atoms with E-state index in [9.17, 15) is 0 Å². The van der Waals surface area contributed by atoms with Gasteiger partial charge in [0.2, 0.25) is 0 Å². The lowest BCUT2D eigenvalue weighted by atomic mass is 9.89. The first-order chi connectivity index (χ1) is 8.79. The van der Waals surface area contributed by atoms with Crippen molar-refractivity contribution in [1.82, 2.24) is 9.97 Å². The lowest BCUT2D eigenvalue weighted by Crippen LogP contribution is -2.43. The van der Waals surface area contributed by atoms with Crippen molar-refractivity contribution in [1.29, 1.82) is 0 Å². The molecule has 18 heavy (non-hydrogen) atoms. The van der Waals surface area contributed by atoms with Gasteiger partial charge in [-0.25, -0.2) is 9.97 Å². The predicted molar refractivity (Wildman–Crippen MR) is 67.3 cm³/mol. The second-order valence-electron chi connectivity index (χ2n) is 5.02. The van der Waals surface area contributed by atoms with Crippen molar-refractivity contribution >= 4 is 5.82 Å². The zero-order valence-corrected chi connectivity index (χ0v) is 10.7. The van der Waals surface area contributed by atoms with Crippen molar-refractivity contribution in [2.75, 3.05) is 25.2 Å². The van der Waals surface area contributed by atoms with Crippen LogP contribution in [-0.2, 0) is 9.47 Å². The van der Waals surface area contributed by atoms with Crippen LogP contribution in [0.3, 0.4) is 0 Å². The van der Waals surface area contributed by atoms with Crippen LogP contribution in [0.25, 0.3) is 0 Å². The molecule has 0 amide bonds. The molecule has 2 fully saturated rings. The Morgan fingerprint density at radius 3 is 2.61 bits per heavy atom. The molecule has 0 radical (unpaired) electrons. The third kappa shape index (κ3) is 2.20. The highest BCUT2D eigenvalue weighted by molar-refractivity contribution is 5.36. The smallest absolute Gasteiger partial charge is 0.168 e. The van der Waals surface area contributed by atoms with Gasteiger partial charge in [0, 0.05) is 32.1 Å². The molecule has 0 aromatic carbocycles. The number of hydrogen-bond donors (Lipinski definition) is 0. The number of hydrogen-bond acceptors (Lipinski definition) is 5. The summed E-state index contributed by atoms with van der Waals surface area (Å²) in [6, 6.07) is 2.46. The van der Waals surface area contributed by atoms with Gasteiger partial charge in [0.1, 0.15) is 12.1 Å². The molecule has 1 aliphatic carbocycles. The standard InChI is InChI=1S/C13H19N3O2/c1-16(12-4-7-14-10-15-12)11-2-5-13(6-3-11)17-8-9-18-13/h4,7,10-11H,2-3,5-6,8-9H2,1H3. The molecule has 0 N–H and O–H groups in total. The van der Waals surface area contributed by atoms with E-state index in [2.05, 4.69) is 21.9 Å². The summed E-state index contributed by atoms with van der Waals surface area (Å²) in [5, 5.41) is 0. The molecule has 1 saturated heterocycles. The van der Waals surface area contributed by atoms with Gasteiger partial charge >= 0.3 is 0 Å². The lowest BCUT2D eigenvalue weighted by Gasteiger charge is -2.39. The van der Waals surface area contributed by atoms with E-state index < -0.39 is 0 Å². The van der Waals surface area contributed by atoms with Gasteiger partial charge in [-0.15, -0.1) is 0 Å². The Kier molecular flexibility index (Phi) is 3.18. The van der Waals surface area contributed by atoms with Gasteiger partial charge in [0.05, 0.1) is 13.2 Å². The Morgan fingerprint density at radius 1 is 1.28 bits per heavy atom. The zero-order chi connectivity index (χ0) is 12.4. The molecule has 1 spiro atoms. The first-order valence-electron chi connectivity index (χ1n) is 6.56. The molecule has 98 valence electrons. The number of ether oxygens (including phenoxy) is 2. The summed E-state index contributed by atoms with van der Waals surface area (Å²) in [4.78, 5) is 10.5. The van der Waals surface area contributed by atoms with E-state index in [0.717, 1.165) is 44.7 Å². The third-order valence-corrected chi connectivity index (χ3v) is 4.01. The van der Waals surface area contributed by atoms with Crippen LogP contribution >= 0.6 is 0 Å². The maximum atomic E-state index is 5.75. The van der Waals surface area contributed by atoms with Gasteiger partial charge in [0.15, 0.2) is 5.79 Å². The zero-order valence-electron chi connectivity index (χ0n) is 10.7. The Balaban J connectivity index is 1.62. The van der Waals surface area contributed by atoms with E-state index in [1.54, 1.807) is 12.5 Å². The van der Waals surface area contributed by atoms with Crippen molar-refractivity contribution in [3.8, 4) is 0 Å². The normalized spacial score (nSPS) is 23.4. The summed E-state index contributed by atoms with van der Waals surface area (Å²) >= 11 is 0.